The minimum absolute atomic E-state index is 0.205. The molecular weight excluding hydrogens is 288 g/mol. The van der Waals surface area contributed by atoms with Crippen LogP contribution < -0.4 is 10.6 Å². The predicted octanol–water partition coefficient (Wildman–Crippen LogP) is 2.50. The molecule has 6 nitrogen and oxygen atoms in total. The van der Waals surface area contributed by atoms with Crippen LogP contribution in [0.3, 0.4) is 0 Å². The summed E-state index contributed by atoms with van der Waals surface area (Å²) in [5.41, 5.74) is 1.58. The highest BCUT2D eigenvalue weighted by Gasteiger charge is 2.17. The van der Waals surface area contributed by atoms with Crippen LogP contribution in [0.2, 0.25) is 0 Å². The van der Waals surface area contributed by atoms with Gasteiger partial charge in [0.1, 0.15) is 0 Å². The zero-order valence-electron chi connectivity index (χ0n) is 11.8. The van der Waals surface area contributed by atoms with E-state index in [9.17, 15) is 4.79 Å². The molecule has 0 fully saturated rings. The lowest BCUT2D eigenvalue weighted by atomic mass is 10.3. The molecule has 0 amide bonds. The van der Waals surface area contributed by atoms with Crippen molar-refractivity contribution in [3.05, 3.63) is 42.2 Å². The molecule has 0 saturated carbocycles. The van der Waals surface area contributed by atoms with Crippen LogP contribution in [0.5, 0.6) is 0 Å². The fraction of sp³-hybridized carbons (Fsp3) is 0.214. The molecule has 110 valence electrons. The number of nitrogens with one attached hydrogen (secondary N) is 2. The van der Waals surface area contributed by atoms with Crippen LogP contribution in [0.4, 0.5) is 11.4 Å². The highest BCUT2D eigenvalue weighted by atomic mass is 32.1. The zero-order valence-corrected chi connectivity index (χ0v) is 12.6. The summed E-state index contributed by atoms with van der Waals surface area (Å²) in [6, 6.07) is 9.51. The van der Waals surface area contributed by atoms with Crippen molar-refractivity contribution >= 4 is 34.7 Å². The van der Waals surface area contributed by atoms with Gasteiger partial charge in [-0.1, -0.05) is 18.2 Å². The molecule has 2 aromatic rings. The van der Waals surface area contributed by atoms with E-state index < -0.39 is 5.97 Å². The molecule has 0 spiro atoms. The van der Waals surface area contributed by atoms with E-state index >= 15 is 0 Å². The first-order valence-corrected chi connectivity index (χ1v) is 6.83. The maximum Gasteiger partial charge on any atom is 0.360 e. The number of nitrogens with zero attached hydrogens (tertiary/aromatic N) is 2. The Labute approximate surface area is 128 Å². The largest absolute Gasteiger partial charge is 0.464 e. The molecular formula is C14H16N4O2S. The number of carbonyl (C=O) groups is 1. The second-order valence-corrected chi connectivity index (χ2v) is 4.59. The minimum atomic E-state index is -0.507. The van der Waals surface area contributed by atoms with Gasteiger partial charge in [0.15, 0.2) is 10.8 Å². The first-order chi connectivity index (χ1) is 10.1. The topological polar surface area (TPSA) is 68.2 Å². The van der Waals surface area contributed by atoms with Gasteiger partial charge in [-0.05, 0) is 31.3 Å². The van der Waals surface area contributed by atoms with Crippen molar-refractivity contribution in [2.24, 2.45) is 0 Å². The molecule has 0 atom stereocenters. The third-order valence-electron chi connectivity index (χ3n) is 2.74. The molecule has 1 aromatic carbocycles. The Kier molecular flexibility index (Phi) is 4.89. The Bertz CT molecular complexity index is 640. The summed E-state index contributed by atoms with van der Waals surface area (Å²) in [7, 11) is 1.32. The fourth-order valence-electron chi connectivity index (χ4n) is 1.73. The van der Waals surface area contributed by atoms with Gasteiger partial charge in [-0.15, -0.1) is 0 Å². The van der Waals surface area contributed by atoms with E-state index in [0.717, 1.165) is 5.69 Å². The smallest absolute Gasteiger partial charge is 0.360 e. The number of thiocarbonyl (C=S) groups is 1. The molecule has 0 aliphatic carbocycles. The average molecular weight is 304 g/mol. The van der Waals surface area contributed by atoms with Gasteiger partial charge < -0.3 is 15.4 Å². The fourth-order valence-corrected chi connectivity index (χ4v) is 1.96. The average Bonchev–Trinajstić information content (AvgIpc) is 2.90. The second kappa shape index (κ2) is 6.85. The number of rotatable bonds is 4. The van der Waals surface area contributed by atoms with Crippen LogP contribution in [0.1, 0.15) is 17.4 Å². The van der Waals surface area contributed by atoms with Crippen LogP contribution in [0, 0.1) is 0 Å². The maximum atomic E-state index is 11.7. The molecule has 0 aliphatic rings. The first-order valence-electron chi connectivity index (χ1n) is 6.43. The number of carbonyl (C=O) groups excluding carboxylic acids is 1. The summed E-state index contributed by atoms with van der Waals surface area (Å²) in [5, 5.41) is 10.5. The van der Waals surface area contributed by atoms with E-state index in [1.807, 2.05) is 37.3 Å². The lowest BCUT2D eigenvalue weighted by molar-refractivity contribution is 0.0594. The highest BCUT2D eigenvalue weighted by molar-refractivity contribution is 7.80. The number of para-hydroxylation sites is 1. The summed E-state index contributed by atoms with van der Waals surface area (Å²) < 4.78 is 6.35. The Hall–Kier alpha value is -2.41. The number of aryl methyl sites for hydroxylation is 1. The number of hydrogen-bond donors (Lipinski definition) is 2. The van der Waals surface area contributed by atoms with Crippen molar-refractivity contribution in [3.8, 4) is 0 Å². The second-order valence-electron chi connectivity index (χ2n) is 4.18. The molecule has 0 bridgehead atoms. The van der Waals surface area contributed by atoms with Crippen molar-refractivity contribution in [2.75, 3.05) is 17.7 Å². The molecule has 7 heteroatoms. The number of ether oxygens (including phenoxy) is 1. The first kappa shape index (κ1) is 15.0. The number of esters is 1. The van der Waals surface area contributed by atoms with Crippen molar-refractivity contribution < 1.29 is 9.53 Å². The molecule has 2 rings (SSSR count). The van der Waals surface area contributed by atoms with Crippen LogP contribution >= 0.6 is 12.2 Å². The van der Waals surface area contributed by atoms with Gasteiger partial charge >= 0.3 is 5.97 Å². The molecule has 2 N–H and O–H groups in total. The van der Waals surface area contributed by atoms with E-state index in [1.165, 1.54) is 7.11 Å². The number of hydrogen-bond acceptors (Lipinski definition) is 4. The quantitative estimate of drug-likeness (QED) is 0.668. The van der Waals surface area contributed by atoms with Gasteiger partial charge in [0.05, 0.1) is 12.8 Å². The van der Waals surface area contributed by atoms with Gasteiger partial charge in [-0.2, -0.15) is 5.10 Å². The minimum Gasteiger partial charge on any atom is -0.464 e. The number of benzene rings is 1. The van der Waals surface area contributed by atoms with Crippen LogP contribution in [-0.4, -0.2) is 28.0 Å². The summed E-state index contributed by atoms with van der Waals surface area (Å²) in [4.78, 5) is 11.7. The molecule has 0 unspecified atom stereocenters. The number of methoxy groups -OCH3 is 1. The van der Waals surface area contributed by atoms with Crippen molar-refractivity contribution in [3.63, 3.8) is 0 Å². The third kappa shape index (κ3) is 3.79. The van der Waals surface area contributed by atoms with E-state index in [0.29, 0.717) is 17.3 Å². The Balaban J connectivity index is 2.13. The molecule has 1 aromatic heterocycles. The monoisotopic (exact) mass is 304 g/mol. The van der Waals surface area contributed by atoms with Crippen molar-refractivity contribution in [1.82, 2.24) is 9.78 Å². The molecule has 1 heterocycles. The normalized spacial score (nSPS) is 10.0. The lowest BCUT2D eigenvalue weighted by Gasteiger charge is -2.09. The number of anilines is 2. The third-order valence-corrected chi connectivity index (χ3v) is 2.95. The van der Waals surface area contributed by atoms with E-state index in [-0.39, 0.29) is 5.69 Å². The van der Waals surface area contributed by atoms with Gasteiger partial charge in [0.2, 0.25) is 0 Å². The van der Waals surface area contributed by atoms with Gasteiger partial charge in [0, 0.05) is 18.4 Å². The lowest BCUT2D eigenvalue weighted by Crippen LogP contribution is -2.20. The maximum absolute atomic E-state index is 11.7. The van der Waals surface area contributed by atoms with Crippen molar-refractivity contribution in [2.45, 2.75) is 13.5 Å². The summed E-state index contributed by atoms with van der Waals surface area (Å²) in [6.45, 7) is 2.57. The van der Waals surface area contributed by atoms with E-state index in [4.69, 9.17) is 17.0 Å². The molecule has 21 heavy (non-hydrogen) atoms. The SMILES string of the molecule is CCn1cc(NC(=S)Nc2ccccc2)c(C(=O)OC)n1. The van der Waals surface area contributed by atoms with Crippen LogP contribution in [-0.2, 0) is 11.3 Å². The van der Waals surface area contributed by atoms with E-state index in [1.54, 1.807) is 10.9 Å². The molecule has 0 radical (unpaired) electrons. The Morgan fingerprint density at radius 2 is 2.05 bits per heavy atom. The highest BCUT2D eigenvalue weighted by Crippen LogP contribution is 2.16. The van der Waals surface area contributed by atoms with E-state index in [2.05, 4.69) is 15.7 Å². The number of aromatic nitrogens is 2. The zero-order chi connectivity index (χ0) is 15.2. The van der Waals surface area contributed by atoms with Crippen LogP contribution in [0.25, 0.3) is 0 Å². The van der Waals surface area contributed by atoms with Gasteiger partial charge in [0.25, 0.3) is 0 Å². The molecule has 0 saturated heterocycles. The van der Waals surface area contributed by atoms with Crippen LogP contribution in [0.15, 0.2) is 36.5 Å². The molecule has 0 aliphatic heterocycles. The van der Waals surface area contributed by atoms with Crippen molar-refractivity contribution in [1.29, 1.82) is 0 Å². The Morgan fingerprint density at radius 3 is 2.67 bits per heavy atom. The summed E-state index contributed by atoms with van der Waals surface area (Å²) >= 11 is 5.23. The van der Waals surface area contributed by atoms with Gasteiger partial charge in [-0.25, -0.2) is 4.79 Å². The summed E-state index contributed by atoms with van der Waals surface area (Å²) in [6.07, 6.45) is 1.71. The standard InChI is InChI=1S/C14H16N4O2S/c1-3-18-9-11(12(17-18)13(19)20-2)16-14(21)15-10-7-5-4-6-8-10/h4-9H,3H2,1-2H3,(H2,15,16,21). The van der Waals surface area contributed by atoms with Gasteiger partial charge in [-0.3, -0.25) is 4.68 Å². The summed E-state index contributed by atoms with van der Waals surface area (Å²) in [5.74, 6) is -0.507. The Morgan fingerprint density at radius 1 is 1.33 bits per heavy atom. The predicted molar refractivity (Wildman–Crippen MR) is 85.5 cm³/mol.